The first-order valence-corrected chi connectivity index (χ1v) is 7.93. The molecule has 1 amide bonds. The van der Waals surface area contributed by atoms with Gasteiger partial charge in [-0.2, -0.15) is 0 Å². The monoisotopic (exact) mass is 333 g/mol. The smallest absolute Gasteiger partial charge is 0.290 e. The quantitative estimate of drug-likeness (QED) is 0.830. The van der Waals surface area contributed by atoms with Crippen LogP contribution < -0.4 is 9.47 Å². The fraction of sp³-hybridized carbons (Fsp3) is 0.444. The highest BCUT2D eigenvalue weighted by Gasteiger charge is 2.43. The maximum Gasteiger partial charge on any atom is 0.290 e. The largest absolute Gasteiger partial charge is 0.503 e. The predicted molar refractivity (Wildman–Crippen MR) is 89.2 cm³/mol. The first-order valence-electron chi connectivity index (χ1n) is 7.93. The zero-order valence-electron chi connectivity index (χ0n) is 14.5. The van der Waals surface area contributed by atoms with Gasteiger partial charge in [0.1, 0.15) is 11.5 Å². The van der Waals surface area contributed by atoms with Crippen LogP contribution in [0.1, 0.15) is 38.3 Å². The molecular weight excluding hydrogens is 310 g/mol. The Bertz CT molecular complexity index is 680. The van der Waals surface area contributed by atoms with Crippen molar-refractivity contribution in [2.24, 2.45) is 0 Å². The molecule has 0 saturated heterocycles. The van der Waals surface area contributed by atoms with Crippen molar-refractivity contribution in [3.63, 3.8) is 0 Å². The number of benzene rings is 1. The average molecular weight is 333 g/mol. The van der Waals surface area contributed by atoms with Crippen LogP contribution in [-0.2, 0) is 9.59 Å². The highest BCUT2D eigenvalue weighted by molar-refractivity contribution is 6.08. The third kappa shape index (κ3) is 3.09. The first kappa shape index (κ1) is 17.8. The van der Waals surface area contributed by atoms with Crippen molar-refractivity contribution in [2.75, 3.05) is 20.8 Å². The lowest BCUT2D eigenvalue weighted by Crippen LogP contribution is -2.32. The van der Waals surface area contributed by atoms with Gasteiger partial charge in [-0.05, 0) is 25.5 Å². The molecule has 0 aromatic heterocycles. The van der Waals surface area contributed by atoms with Gasteiger partial charge in [0.15, 0.2) is 11.5 Å². The number of ketones is 1. The molecule has 1 atom stereocenters. The van der Waals surface area contributed by atoms with Crippen molar-refractivity contribution in [2.45, 2.75) is 32.7 Å². The van der Waals surface area contributed by atoms with Crippen LogP contribution in [0.5, 0.6) is 11.5 Å². The van der Waals surface area contributed by atoms with Gasteiger partial charge in [-0.25, -0.2) is 0 Å². The molecule has 1 aromatic carbocycles. The molecule has 24 heavy (non-hydrogen) atoms. The molecule has 130 valence electrons. The highest BCUT2D eigenvalue weighted by Crippen LogP contribution is 2.42. The van der Waals surface area contributed by atoms with E-state index in [2.05, 4.69) is 0 Å². The van der Waals surface area contributed by atoms with Crippen molar-refractivity contribution in [3.8, 4) is 11.5 Å². The van der Waals surface area contributed by atoms with E-state index in [0.29, 0.717) is 23.6 Å². The summed E-state index contributed by atoms with van der Waals surface area (Å²) in [6, 6.07) is 4.55. The highest BCUT2D eigenvalue weighted by atomic mass is 16.5. The zero-order valence-corrected chi connectivity index (χ0v) is 14.5. The van der Waals surface area contributed by atoms with Crippen LogP contribution >= 0.6 is 0 Å². The van der Waals surface area contributed by atoms with E-state index in [-0.39, 0.29) is 11.4 Å². The lowest BCUT2D eigenvalue weighted by atomic mass is 9.95. The fourth-order valence-electron chi connectivity index (χ4n) is 2.94. The Morgan fingerprint density at radius 1 is 1.29 bits per heavy atom. The van der Waals surface area contributed by atoms with Gasteiger partial charge < -0.3 is 19.5 Å². The molecule has 1 aromatic rings. The molecular formula is C18H23NO5. The second-order valence-electron chi connectivity index (χ2n) is 5.68. The molecule has 2 rings (SSSR count). The standard InChI is InChI=1S/C18H23NO5/c1-5-6-9-19-16(15(11(2)20)17(21)18(19)22)13-8-7-12(23-3)10-14(13)24-4/h7-8,10,16,21H,5-6,9H2,1-4H3/t16-/m0/s1. The molecule has 6 heteroatoms. The Kier molecular flexibility index (Phi) is 5.49. The van der Waals surface area contributed by atoms with Crippen molar-refractivity contribution < 1.29 is 24.2 Å². The van der Waals surface area contributed by atoms with Gasteiger partial charge in [-0.1, -0.05) is 13.3 Å². The Morgan fingerprint density at radius 2 is 2.00 bits per heavy atom. The number of amides is 1. The molecule has 0 spiro atoms. The maximum atomic E-state index is 12.4. The first-order chi connectivity index (χ1) is 11.5. The van der Waals surface area contributed by atoms with Gasteiger partial charge in [-0.3, -0.25) is 9.59 Å². The summed E-state index contributed by atoms with van der Waals surface area (Å²) < 4.78 is 10.6. The SMILES string of the molecule is CCCCN1C(=O)C(O)=C(C(C)=O)[C@@H]1c1ccc(OC)cc1OC. The second kappa shape index (κ2) is 7.38. The van der Waals surface area contributed by atoms with Gasteiger partial charge in [0, 0.05) is 18.2 Å². The summed E-state index contributed by atoms with van der Waals surface area (Å²) in [5.41, 5.74) is 0.761. The summed E-state index contributed by atoms with van der Waals surface area (Å²) in [6.07, 6.45) is 1.67. The van der Waals surface area contributed by atoms with Gasteiger partial charge in [0.05, 0.1) is 25.8 Å². The molecule has 0 aliphatic carbocycles. The Morgan fingerprint density at radius 3 is 2.54 bits per heavy atom. The van der Waals surface area contributed by atoms with E-state index in [1.54, 1.807) is 25.3 Å². The van der Waals surface area contributed by atoms with E-state index in [1.165, 1.54) is 18.9 Å². The third-order valence-corrected chi connectivity index (χ3v) is 4.17. The summed E-state index contributed by atoms with van der Waals surface area (Å²) >= 11 is 0. The minimum absolute atomic E-state index is 0.111. The van der Waals surface area contributed by atoms with Crippen molar-refractivity contribution in [3.05, 3.63) is 35.1 Å². The Labute approximate surface area is 141 Å². The van der Waals surface area contributed by atoms with E-state index >= 15 is 0 Å². The number of unbranched alkanes of at least 4 members (excludes halogenated alkanes) is 1. The number of ether oxygens (including phenoxy) is 2. The van der Waals surface area contributed by atoms with Gasteiger partial charge >= 0.3 is 0 Å². The summed E-state index contributed by atoms with van der Waals surface area (Å²) in [6.45, 7) is 3.82. The summed E-state index contributed by atoms with van der Waals surface area (Å²) in [7, 11) is 3.07. The number of hydrogen-bond acceptors (Lipinski definition) is 5. The fourth-order valence-corrected chi connectivity index (χ4v) is 2.94. The molecule has 1 N–H and O–H groups in total. The van der Waals surface area contributed by atoms with E-state index in [0.717, 1.165) is 12.8 Å². The molecule has 0 fully saturated rings. The van der Waals surface area contributed by atoms with Gasteiger partial charge in [0.25, 0.3) is 5.91 Å². The normalized spacial score (nSPS) is 17.4. The number of hydrogen-bond donors (Lipinski definition) is 1. The molecule has 1 aliphatic rings. The zero-order chi connectivity index (χ0) is 17.9. The van der Waals surface area contributed by atoms with Crippen molar-refractivity contribution in [1.82, 2.24) is 4.90 Å². The summed E-state index contributed by atoms with van der Waals surface area (Å²) in [4.78, 5) is 26.0. The van der Waals surface area contributed by atoms with Crippen LogP contribution in [-0.4, -0.2) is 42.5 Å². The number of aliphatic hydroxyl groups excluding tert-OH is 1. The van der Waals surface area contributed by atoms with Crippen molar-refractivity contribution in [1.29, 1.82) is 0 Å². The topological polar surface area (TPSA) is 76.1 Å². The number of methoxy groups -OCH3 is 2. The minimum atomic E-state index is -0.651. The number of rotatable bonds is 7. The summed E-state index contributed by atoms with van der Waals surface area (Å²) in [5, 5.41) is 10.2. The molecule has 0 unspecified atom stereocenters. The Hall–Kier alpha value is -2.50. The predicted octanol–water partition coefficient (Wildman–Crippen LogP) is 2.79. The lowest BCUT2D eigenvalue weighted by Gasteiger charge is -2.27. The number of nitrogens with zero attached hydrogens (tertiary/aromatic N) is 1. The van der Waals surface area contributed by atoms with Crippen LogP contribution in [0.3, 0.4) is 0 Å². The van der Waals surface area contributed by atoms with Crippen LogP contribution in [0.2, 0.25) is 0 Å². The molecule has 0 bridgehead atoms. The van der Waals surface area contributed by atoms with E-state index in [4.69, 9.17) is 9.47 Å². The van der Waals surface area contributed by atoms with Crippen LogP contribution in [0.25, 0.3) is 0 Å². The summed E-state index contributed by atoms with van der Waals surface area (Å²) in [5.74, 6) is -0.208. The van der Waals surface area contributed by atoms with Crippen LogP contribution in [0.4, 0.5) is 0 Å². The lowest BCUT2D eigenvalue weighted by molar-refractivity contribution is -0.129. The molecule has 6 nitrogen and oxygen atoms in total. The van der Waals surface area contributed by atoms with Crippen LogP contribution in [0, 0.1) is 0 Å². The van der Waals surface area contributed by atoms with Gasteiger partial charge in [0.2, 0.25) is 0 Å². The molecule has 1 heterocycles. The average Bonchev–Trinajstić information content (AvgIpc) is 2.83. The maximum absolute atomic E-state index is 12.4. The van der Waals surface area contributed by atoms with E-state index < -0.39 is 17.7 Å². The molecule has 0 saturated carbocycles. The number of aliphatic hydroxyl groups is 1. The molecule has 1 aliphatic heterocycles. The van der Waals surface area contributed by atoms with E-state index in [1.807, 2.05) is 6.92 Å². The number of Topliss-reactive ketones (excluding diaryl/α,β-unsaturated/α-hetero) is 1. The van der Waals surface area contributed by atoms with Crippen LogP contribution in [0.15, 0.2) is 29.5 Å². The molecule has 0 radical (unpaired) electrons. The second-order valence-corrected chi connectivity index (χ2v) is 5.68. The van der Waals surface area contributed by atoms with Crippen molar-refractivity contribution >= 4 is 11.7 Å². The van der Waals surface area contributed by atoms with E-state index in [9.17, 15) is 14.7 Å². The Balaban J connectivity index is 2.57. The van der Waals surface area contributed by atoms with Gasteiger partial charge in [-0.15, -0.1) is 0 Å². The number of carbonyl (C=O) groups is 2. The minimum Gasteiger partial charge on any atom is -0.503 e. The third-order valence-electron chi connectivity index (χ3n) is 4.17. The number of carbonyl (C=O) groups excluding carboxylic acids is 2.